The second-order valence-electron chi connectivity index (χ2n) is 15.6. The van der Waals surface area contributed by atoms with E-state index in [1.54, 1.807) is 0 Å². The number of nitrogens with one attached hydrogen (secondary N) is 1. The molecule has 2 atom stereocenters. The molecule has 0 saturated heterocycles. The third-order valence-electron chi connectivity index (χ3n) is 10.1. The lowest BCUT2D eigenvalue weighted by Crippen LogP contribution is -2.46. The number of allylic oxidation sites excluding steroid dienone is 11. The molecule has 0 aliphatic heterocycles. The Morgan fingerprint density at radius 3 is 1.34 bits per heavy atom. The molecule has 0 heterocycles. The summed E-state index contributed by atoms with van der Waals surface area (Å²) in [5, 5.41) is 13.3. The van der Waals surface area contributed by atoms with Gasteiger partial charge in [-0.3, -0.25) is 9.35 Å². The van der Waals surface area contributed by atoms with Crippen molar-refractivity contribution in [3.05, 3.63) is 72.9 Å². The summed E-state index contributed by atoms with van der Waals surface area (Å²) in [6.07, 6.45) is 60.4. The quantitative estimate of drug-likeness (QED) is 0.0324. The van der Waals surface area contributed by atoms with Crippen molar-refractivity contribution in [2.75, 3.05) is 5.75 Å². The van der Waals surface area contributed by atoms with Gasteiger partial charge in [0.25, 0.3) is 10.1 Å². The van der Waals surface area contributed by atoms with Crippen molar-refractivity contribution in [2.24, 2.45) is 0 Å². The molecule has 56 heavy (non-hydrogen) atoms. The zero-order chi connectivity index (χ0) is 41.1. The average molecular weight is 802 g/mol. The van der Waals surface area contributed by atoms with Crippen molar-refractivity contribution in [1.82, 2.24) is 5.32 Å². The maximum Gasteiger partial charge on any atom is 0.267 e. The molecule has 1 amide bonds. The van der Waals surface area contributed by atoms with E-state index in [-0.39, 0.29) is 12.3 Å². The van der Waals surface area contributed by atoms with Gasteiger partial charge in [-0.25, -0.2) is 0 Å². The van der Waals surface area contributed by atoms with Gasteiger partial charge in [0.1, 0.15) is 0 Å². The highest BCUT2D eigenvalue weighted by molar-refractivity contribution is 7.85. The Hall–Kier alpha value is -2.22. The maximum atomic E-state index is 12.6. The van der Waals surface area contributed by atoms with E-state index in [0.717, 1.165) is 70.6 Å². The molecular weight excluding hydrogens is 715 g/mol. The van der Waals surface area contributed by atoms with Crippen LogP contribution in [0, 0.1) is 0 Å². The summed E-state index contributed by atoms with van der Waals surface area (Å²) >= 11 is 0. The van der Waals surface area contributed by atoms with E-state index >= 15 is 0 Å². The highest BCUT2D eigenvalue weighted by atomic mass is 32.2. The molecule has 0 aromatic heterocycles. The Morgan fingerprint density at radius 1 is 0.500 bits per heavy atom. The first kappa shape index (κ1) is 53.8. The van der Waals surface area contributed by atoms with E-state index < -0.39 is 28.0 Å². The number of hydrogen-bond donors (Lipinski definition) is 3. The standard InChI is InChI=1S/C49H87NO5S/c1-3-5-7-9-11-13-15-17-19-21-23-24-25-26-27-29-31-33-35-37-39-41-43-45-49(52)50-47(46-56(53,54)55)48(51)44-42-40-38-36-34-32-30-28-22-20-18-16-14-12-10-8-6-4-2/h5,7,11,13,17,19,23-24,34,36,42,44,47-48,51H,3-4,6,8-10,12,14-16,18,20-22,25-33,35,37-41,43,45-46H2,1-2H3,(H,50,52)(H,53,54,55)/b7-5-,13-11-,19-17-,24-23-,36-34+,44-42+. The van der Waals surface area contributed by atoms with Gasteiger partial charge in [0.05, 0.1) is 17.9 Å². The third-order valence-corrected chi connectivity index (χ3v) is 10.9. The number of carbonyl (C=O) groups excluding carboxylic acids is 1. The summed E-state index contributed by atoms with van der Waals surface area (Å²) in [5.74, 6) is -1.01. The second kappa shape index (κ2) is 42.4. The van der Waals surface area contributed by atoms with Gasteiger partial charge in [-0.1, -0.05) is 209 Å². The predicted molar refractivity (Wildman–Crippen MR) is 244 cm³/mol. The Morgan fingerprint density at radius 2 is 0.875 bits per heavy atom. The third kappa shape index (κ3) is 42.9. The number of aliphatic hydroxyl groups excluding tert-OH is 1. The molecule has 2 unspecified atom stereocenters. The van der Waals surface area contributed by atoms with E-state index in [1.807, 2.05) is 6.08 Å². The summed E-state index contributed by atoms with van der Waals surface area (Å²) in [5.41, 5.74) is 0. The van der Waals surface area contributed by atoms with Crippen LogP contribution in [0.15, 0.2) is 72.9 Å². The fraction of sp³-hybridized carbons (Fsp3) is 0.735. The van der Waals surface area contributed by atoms with Crippen LogP contribution in [0.4, 0.5) is 0 Å². The zero-order valence-electron chi connectivity index (χ0n) is 36.2. The van der Waals surface area contributed by atoms with Crippen molar-refractivity contribution in [2.45, 2.75) is 225 Å². The molecule has 7 heteroatoms. The van der Waals surface area contributed by atoms with Crippen molar-refractivity contribution < 1.29 is 22.9 Å². The second-order valence-corrected chi connectivity index (χ2v) is 17.1. The molecule has 0 radical (unpaired) electrons. The minimum absolute atomic E-state index is 0.279. The first-order valence-corrected chi connectivity index (χ1v) is 24.7. The number of unbranched alkanes of at least 4 members (excludes halogenated alkanes) is 23. The molecule has 0 aromatic rings. The van der Waals surface area contributed by atoms with Gasteiger partial charge in [0.15, 0.2) is 0 Å². The molecular formula is C49H87NO5S. The van der Waals surface area contributed by atoms with E-state index in [2.05, 4.69) is 79.9 Å². The normalized spacial score (nSPS) is 13.9. The van der Waals surface area contributed by atoms with Crippen LogP contribution < -0.4 is 5.32 Å². The van der Waals surface area contributed by atoms with E-state index in [4.69, 9.17) is 0 Å². The van der Waals surface area contributed by atoms with Gasteiger partial charge < -0.3 is 10.4 Å². The van der Waals surface area contributed by atoms with Crippen molar-refractivity contribution in [1.29, 1.82) is 0 Å². The van der Waals surface area contributed by atoms with E-state index in [9.17, 15) is 22.9 Å². The van der Waals surface area contributed by atoms with Crippen LogP contribution in [0.2, 0.25) is 0 Å². The first-order chi connectivity index (χ1) is 27.3. The Kier molecular flexibility index (Phi) is 40.7. The van der Waals surface area contributed by atoms with Crippen LogP contribution >= 0.6 is 0 Å². The van der Waals surface area contributed by atoms with Crippen molar-refractivity contribution in [3.8, 4) is 0 Å². The molecule has 0 fully saturated rings. The number of amides is 1. The molecule has 0 aliphatic carbocycles. The smallest absolute Gasteiger partial charge is 0.267 e. The first-order valence-electron chi connectivity index (χ1n) is 23.1. The summed E-state index contributed by atoms with van der Waals surface area (Å²) in [6.45, 7) is 4.42. The lowest BCUT2D eigenvalue weighted by Gasteiger charge is -2.21. The molecule has 3 N–H and O–H groups in total. The van der Waals surface area contributed by atoms with Crippen LogP contribution in [-0.2, 0) is 14.9 Å². The fourth-order valence-electron chi connectivity index (χ4n) is 6.69. The molecule has 0 aliphatic rings. The number of aliphatic hydroxyl groups is 1. The molecule has 6 nitrogen and oxygen atoms in total. The van der Waals surface area contributed by atoms with Gasteiger partial charge in [0, 0.05) is 6.42 Å². The molecule has 0 rings (SSSR count). The van der Waals surface area contributed by atoms with Gasteiger partial charge in [-0.05, 0) is 70.6 Å². The van der Waals surface area contributed by atoms with Crippen LogP contribution in [0.25, 0.3) is 0 Å². The number of hydrogen-bond acceptors (Lipinski definition) is 4. The van der Waals surface area contributed by atoms with Crippen LogP contribution in [0.5, 0.6) is 0 Å². The van der Waals surface area contributed by atoms with Gasteiger partial charge in [-0.15, -0.1) is 0 Å². The predicted octanol–water partition coefficient (Wildman–Crippen LogP) is 14.2. The SMILES string of the molecule is CC/C=C\C/C=C\C/C=C\C/C=C\CCCCCCCCCCCCC(=O)NC(CS(=O)(=O)O)C(O)/C=C/CC/C=C/CCCCCCCCCCCCCC. The lowest BCUT2D eigenvalue weighted by molar-refractivity contribution is -0.122. The van der Waals surface area contributed by atoms with E-state index in [1.165, 1.54) is 122 Å². The molecule has 0 saturated carbocycles. The minimum atomic E-state index is -4.36. The fourth-order valence-corrected chi connectivity index (χ4v) is 7.43. The van der Waals surface area contributed by atoms with Crippen LogP contribution in [0.3, 0.4) is 0 Å². The van der Waals surface area contributed by atoms with E-state index in [0.29, 0.717) is 6.42 Å². The largest absolute Gasteiger partial charge is 0.387 e. The van der Waals surface area contributed by atoms with Gasteiger partial charge in [0.2, 0.25) is 5.91 Å². The lowest BCUT2D eigenvalue weighted by atomic mass is 10.0. The summed E-state index contributed by atoms with van der Waals surface area (Å²) in [4.78, 5) is 12.6. The average Bonchev–Trinajstić information content (AvgIpc) is 3.16. The van der Waals surface area contributed by atoms with Gasteiger partial charge >= 0.3 is 0 Å². The Labute approximate surface area is 346 Å². The Balaban J connectivity index is 3.91. The van der Waals surface area contributed by atoms with Gasteiger partial charge in [-0.2, -0.15) is 8.42 Å². The van der Waals surface area contributed by atoms with Crippen molar-refractivity contribution in [3.63, 3.8) is 0 Å². The maximum absolute atomic E-state index is 12.6. The topological polar surface area (TPSA) is 104 Å². The summed E-state index contributed by atoms with van der Waals surface area (Å²) in [6, 6.07) is -1.08. The number of carbonyl (C=O) groups is 1. The van der Waals surface area contributed by atoms with Crippen molar-refractivity contribution >= 4 is 16.0 Å². The monoisotopic (exact) mass is 802 g/mol. The number of rotatable bonds is 41. The Bertz CT molecular complexity index is 1150. The molecule has 0 spiro atoms. The highest BCUT2D eigenvalue weighted by Gasteiger charge is 2.24. The zero-order valence-corrected chi connectivity index (χ0v) is 37.1. The summed E-state index contributed by atoms with van der Waals surface area (Å²) < 4.78 is 32.6. The van der Waals surface area contributed by atoms with Crippen LogP contribution in [0.1, 0.15) is 213 Å². The molecule has 0 aromatic carbocycles. The minimum Gasteiger partial charge on any atom is -0.387 e. The highest BCUT2D eigenvalue weighted by Crippen LogP contribution is 2.14. The molecule has 0 bridgehead atoms. The van der Waals surface area contributed by atoms with Crippen LogP contribution in [-0.4, -0.2) is 41.9 Å². The molecule has 324 valence electrons. The summed E-state index contributed by atoms with van der Waals surface area (Å²) in [7, 11) is -4.36.